The van der Waals surface area contributed by atoms with Crippen molar-refractivity contribution in [2.24, 2.45) is 0 Å². The molecule has 0 aromatic heterocycles. The van der Waals surface area contributed by atoms with Gasteiger partial charge in [-0.3, -0.25) is 9.59 Å². The first-order valence-electron chi connectivity index (χ1n) is 13.2. The number of aryl methyl sites for hydroxylation is 1. The van der Waals surface area contributed by atoms with Crippen LogP contribution >= 0.6 is 0 Å². The first kappa shape index (κ1) is 29.2. The molecule has 1 saturated carbocycles. The van der Waals surface area contributed by atoms with Gasteiger partial charge in [-0.1, -0.05) is 42.5 Å². The number of nitrogens with one attached hydrogen (secondary N) is 2. The minimum atomic E-state index is -3.55. The first-order valence-corrected chi connectivity index (χ1v) is 14.7. The van der Waals surface area contributed by atoms with E-state index in [1.54, 1.807) is 44.4 Å². The summed E-state index contributed by atoms with van der Waals surface area (Å²) in [5, 5.41) is 2.88. The summed E-state index contributed by atoms with van der Waals surface area (Å²) >= 11 is 0. The van der Waals surface area contributed by atoms with Gasteiger partial charge in [0.2, 0.25) is 21.8 Å². The molecule has 0 radical (unpaired) electrons. The number of hydrogen-bond acceptors (Lipinski definition) is 5. The fraction of sp³-hybridized carbons (Fsp3) is 0.333. The van der Waals surface area contributed by atoms with Crippen LogP contribution in [-0.2, 0) is 39.1 Å². The summed E-state index contributed by atoms with van der Waals surface area (Å²) in [5.41, 5.74) is 2.30. The molecule has 212 valence electrons. The summed E-state index contributed by atoms with van der Waals surface area (Å²) in [6, 6.07) is 18.8. The highest BCUT2D eigenvalue weighted by Crippen LogP contribution is 2.23. The molecular weight excluding hydrogens is 533 g/mol. The van der Waals surface area contributed by atoms with Crippen molar-refractivity contribution in [2.45, 2.75) is 62.7 Å². The van der Waals surface area contributed by atoms with E-state index in [0.29, 0.717) is 17.7 Å². The number of carbonyl (C=O) groups is 2. The molecule has 0 bridgehead atoms. The van der Waals surface area contributed by atoms with Crippen LogP contribution in [0.3, 0.4) is 0 Å². The van der Waals surface area contributed by atoms with Crippen LogP contribution < -0.4 is 14.8 Å². The summed E-state index contributed by atoms with van der Waals surface area (Å²) < 4.78 is 46.3. The van der Waals surface area contributed by atoms with E-state index in [0.717, 1.165) is 24.0 Å². The monoisotopic (exact) mass is 567 g/mol. The Bertz CT molecular complexity index is 1420. The van der Waals surface area contributed by atoms with Crippen LogP contribution in [0.4, 0.5) is 4.39 Å². The number of halogens is 1. The van der Waals surface area contributed by atoms with Gasteiger partial charge in [-0.2, -0.15) is 0 Å². The maximum absolute atomic E-state index is 13.5. The van der Waals surface area contributed by atoms with Crippen molar-refractivity contribution in [2.75, 3.05) is 7.11 Å². The predicted molar refractivity (Wildman–Crippen MR) is 149 cm³/mol. The number of ether oxygens (including phenoxy) is 1. The van der Waals surface area contributed by atoms with Crippen molar-refractivity contribution in [1.82, 2.24) is 14.9 Å². The van der Waals surface area contributed by atoms with Gasteiger partial charge in [-0.25, -0.2) is 17.5 Å². The summed E-state index contributed by atoms with van der Waals surface area (Å²) in [4.78, 5) is 28.2. The second-order valence-corrected chi connectivity index (χ2v) is 11.6. The minimum Gasteiger partial charge on any atom is -0.496 e. The average Bonchev–Trinajstić information content (AvgIpc) is 3.77. The Morgan fingerprint density at radius 2 is 1.65 bits per heavy atom. The van der Waals surface area contributed by atoms with Gasteiger partial charge in [0.05, 0.1) is 12.0 Å². The largest absolute Gasteiger partial charge is 0.496 e. The maximum Gasteiger partial charge on any atom is 0.242 e. The summed E-state index contributed by atoms with van der Waals surface area (Å²) in [7, 11) is -1.99. The SMILES string of the molecule is COc1ccccc1CNC(=O)C(C)N(Cc1ccc(F)cc1)C(=O)CCc1ccc(S(=O)(=O)NC2CC2)cc1. The van der Waals surface area contributed by atoms with Crippen LogP contribution in [0.5, 0.6) is 5.75 Å². The Balaban J connectivity index is 1.42. The minimum absolute atomic E-state index is 0.0169. The van der Waals surface area contributed by atoms with Gasteiger partial charge in [-0.05, 0) is 67.6 Å². The normalized spacial score (nSPS) is 13.9. The molecule has 10 heteroatoms. The van der Waals surface area contributed by atoms with Gasteiger partial charge in [0.1, 0.15) is 17.6 Å². The fourth-order valence-electron chi connectivity index (χ4n) is 4.27. The van der Waals surface area contributed by atoms with Crippen molar-refractivity contribution < 1.29 is 27.1 Å². The van der Waals surface area contributed by atoms with Crippen LogP contribution in [0, 0.1) is 5.82 Å². The van der Waals surface area contributed by atoms with Gasteiger partial charge in [0.25, 0.3) is 0 Å². The molecule has 3 aromatic carbocycles. The van der Waals surface area contributed by atoms with Crippen LogP contribution in [0.2, 0.25) is 0 Å². The lowest BCUT2D eigenvalue weighted by molar-refractivity contribution is -0.140. The number of hydrogen-bond donors (Lipinski definition) is 2. The Labute approximate surface area is 234 Å². The molecule has 0 heterocycles. The van der Waals surface area contributed by atoms with E-state index in [4.69, 9.17) is 4.74 Å². The number of nitrogens with zero attached hydrogens (tertiary/aromatic N) is 1. The number of amides is 2. The molecule has 3 aromatic rings. The molecule has 1 fully saturated rings. The lowest BCUT2D eigenvalue weighted by Gasteiger charge is -2.29. The molecule has 1 aliphatic carbocycles. The predicted octanol–water partition coefficient (Wildman–Crippen LogP) is 3.94. The molecule has 0 spiro atoms. The number of methoxy groups -OCH3 is 1. The van der Waals surface area contributed by atoms with Crippen molar-refractivity contribution in [3.63, 3.8) is 0 Å². The lowest BCUT2D eigenvalue weighted by Crippen LogP contribution is -2.47. The van der Waals surface area contributed by atoms with Crippen LogP contribution in [0.1, 0.15) is 42.9 Å². The van der Waals surface area contributed by atoms with Crippen molar-refractivity contribution >= 4 is 21.8 Å². The standard InChI is InChI=1S/C30H34FN3O5S/c1-21(30(36)32-19-24-5-3-4-6-28(24)39-2)34(20-23-7-12-25(31)13-8-23)29(35)18-11-22-9-16-27(17-10-22)40(37,38)33-26-14-15-26/h3-10,12-13,16-17,21,26,33H,11,14-15,18-20H2,1-2H3,(H,32,36). The molecule has 1 atom stereocenters. The first-order chi connectivity index (χ1) is 19.2. The van der Waals surface area contributed by atoms with Gasteiger partial charge in [-0.15, -0.1) is 0 Å². The third kappa shape index (κ3) is 7.89. The second kappa shape index (κ2) is 13.1. The molecule has 2 N–H and O–H groups in total. The zero-order chi connectivity index (χ0) is 28.7. The van der Waals surface area contributed by atoms with E-state index in [-0.39, 0.29) is 48.1 Å². The van der Waals surface area contributed by atoms with E-state index in [1.807, 2.05) is 18.2 Å². The Morgan fingerprint density at radius 3 is 2.30 bits per heavy atom. The lowest BCUT2D eigenvalue weighted by atomic mass is 10.1. The molecule has 1 aliphatic rings. The quantitative estimate of drug-likeness (QED) is 0.326. The molecular formula is C30H34FN3O5S. The summed E-state index contributed by atoms with van der Waals surface area (Å²) in [5.74, 6) is -0.325. The van der Waals surface area contributed by atoms with Crippen molar-refractivity contribution in [3.05, 3.63) is 95.3 Å². The Kier molecular flexibility index (Phi) is 9.54. The third-order valence-electron chi connectivity index (χ3n) is 6.84. The highest BCUT2D eigenvalue weighted by molar-refractivity contribution is 7.89. The molecule has 4 rings (SSSR count). The number of carbonyl (C=O) groups excluding carboxylic acids is 2. The molecule has 0 aliphatic heterocycles. The van der Waals surface area contributed by atoms with Gasteiger partial charge in [0.15, 0.2) is 0 Å². The van der Waals surface area contributed by atoms with Crippen molar-refractivity contribution in [3.8, 4) is 5.75 Å². The van der Waals surface area contributed by atoms with Crippen LogP contribution in [0.25, 0.3) is 0 Å². The van der Waals surface area contributed by atoms with E-state index in [9.17, 15) is 22.4 Å². The molecule has 1 unspecified atom stereocenters. The smallest absolute Gasteiger partial charge is 0.242 e. The highest BCUT2D eigenvalue weighted by Gasteiger charge is 2.28. The van der Waals surface area contributed by atoms with E-state index >= 15 is 0 Å². The Hall–Kier alpha value is -3.76. The molecule has 0 saturated heterocycles. The van der Waals surface area contributed by atoms with E-state index in [1.165, 1.54) is 29.2 Å². The second-order valence-electron chi connectivity index (χ2n) is 9.89. The third-order valence-corrected chi connectivity index (χ3v) is 8.38. The molecule has 8 nitrogen and oxygen atoms in total. The zero-order valence-electron chi connectivity index (χ0n) is 22.6. The maximum atomic E-state index is 13.5. The number of sulfonamides is 1. The zero-order valence-corrected chi connectivity index (χ0v) is 23.4. The average molecular weight is 568 g/mol. The van der Waals surface area contributed by atoms with Crippen molar-refractivity contribution in [1.29, 1.82) is 0 Å². The van der Waals surface area contributed by atoms with E-state index < -0.39 is 16.1 Å². The van der Waals surface area contributed by atoms with Crippen LogP contribution in [0.15, 0.2) is 77.7 Å². The highest BCUT2D eigenvalue weighted by atomic mass is 32.2. The number of para-hydroxylation sites is 1. The number of rotatable bonds is 13. The van der Waals surface area contributed by atoms with Gasteiger partial charge < -0.3 is 15.0 Å². The van der Waals surface area contributed by atoms with Gasteiger partial charge >= 0.3 is 0 Å². The summed E-state index contributed by atoms with van der Waals surface area (Å²) in [6.45, 7) is 2.02. The fourth-order valence-corrected chi connectivity index (χ4v) is 5.57. The summed E-state index contributed by atoms with van der Waals surface area (Å²) in [6.07, 6.45) is 2.18. The van der Waals surface area contributed by atoms with E-state index in [2.05, 4.69) is 10.0 Å². The topological polar surface area (TPSA) is 105 Å². The number of benzene rings is 3. The van der Waals surface area contributed by atoms with Gasteiger partial charge in [0, 0.05) is 31.1 Å². The van der Waals surface area contributed by atoms with Crippen LogP contribution in [-0.4, -0.2) is 44.3 Å². The Morgan fingerprint density at radius 1 is 1.00 bits per heavy atom. The molecule has 2 amide bonds. The molecule has 40 heavy (non-hydrogen) atoms.